The first-order valence-electron chi connectivity index (χ1n) is 5.97. The first-order valence-corrected chi connectivity index (χ1v) is 6.35. The average Bonchev–Trinajstić information content (AvgIpc) is 2.90. The van der Waals surface area contributed by atoms with Crippen molar-refractivity contribution in [1.82, 2.24) is 5.32 Å². The number of nitrogens with one attached hydrogen (secondary N) is 1. The molecule has 1 aromatic rings. The van der Waals surface area contributed by atoms with Crippen molar-refractivity contribution >= 4 is 17.3 Å². The fourth-order valence-corrected chi connectivity index (χ4v) is 3.22. The van der Waals surface area contributed by atoms with Crippen molar-refractivity contribution in [3.63, 3.8) is 0 Å². The summed E-state index contributed by atoms with van der Waals surface area (Å²) in [5.74, 6) is 0.723. The van der Waals surface area contributed by atoms with Crippen LogP contribution in [-0.2, 0) is 0 Å². The van der Waals surface area contributed by atoms with Crippen molar-refractivity contribution in [3.05, 3.63) is 28.8 Å². The van der Waals surface area contributed by atoms with E-state index in [1.54, 1.807) is 6.07 Å². The van der Waals surface area contributed by atoms with Gasteiger partial charge in [0.25, 0.3) is 0 Å². The average molecular weight is 248 g/mol. The molecule has 0 aliphatic carbocycles. The molecule has 2 heterocycles. The molecule has 3 nitrogen and oxygen atoms in total. The lowest BCUT2D eigenvalue weighted by Crippen LogP contribution is -2.34. The van der Waals surface area contributed by atoms with E-state index in [1.807, 2.05) is 12.1 Å². The first-order chi connectivity index (χ1) is 8.31. The number of anilines is 1. The third-order valence-corrected chi connectivity index (χ3v) is 4.17. The van der Waals surface area contributed by atoms with Crippen molar-refractivity contribution in [3.8, 4) is 6.07 Å². The second-order valence-corrected chi connectivity index (χ2v) is 5.12. The Balaban J connectivity index is 2.00. The van der Waals surface area contributed by atoms with E-state index in [0.717, 1.165) is 31.2 Å². The molecule has 0 unspecified atom stereocenters. The Morgan fingerprint density at radius 2 is 2.29 bits per heavy atom. The molecule has 0 saturated carbocycles. The van der Waals surface area contributed by atoms with Gasteiger partial charge in [0.1, 0.15) is 6.07 Å². The molecule has 2 fully saturated rings. The third-order valence-electron chi connectivity index (χ3n) is 3.86. The smallest absolute Gasteiger partial charge is 0.103 e. The molecule has 0 radical (unpaired) electrons. The molecule has 2 atom stereocenters. The van der Waals surface area contributed by atoms with Crippen LogP contribution in [0.25, 0.3) is 0 Å². The Hall–Kier alpha value is -1.24. The predicted molar refractivity (Wildman–Crippen MR) is 68.3 cm³/mol. The number of rotatable bonds is 1. The van der Waals surface area contributed by atoms with E-state index in [0.29, 0.717) is 16.6 Å². The van der Waals surface area contributed by atoms with Crippen LogP contribution in [-0.4, -0.2) is 25.7 Å². The van der Waals surface area contributed by atoms with Crippen LogP contribution in [0, 0.1) is 17.2 Å². The Kier molecular flexibility index (Phi) is 2.70. The van der Waals surface area contributed by atoms with Gasteiger partial charge in [-0.25, -0.2) is 0 Å². The molecule has 2 aliphatic rings. The molecule has 0 spiro atoms. The maximum absolute atomic E-state index is 9.22. The normalized spacial score (nSPS) is 26.9. The van der Waals surface area contributed by atoms with E-state index < -0.39 is 0 Å². The SMILES string of the molecule is N#Cc1c(Cl)cccc1N1CC[C@H]2CNC[C@H]21. The molecule has 4 heteroatoms. The molecule has 88 valence electrons. The summed E-state index contributed by atoms with van der Waals surface area (Å²) in [5.41, 5.74) is 1.61. The van der Waals surface area contributed by atoms with Crippen LogP contribution in [0.4, 0.5) is 5.69 Å². The van der Waals surface area contributed by atoms with Crippen molar-refractivity contribution < 1.29 is 0 Å². The van der Waals surface area contributed by atoms with Gasteiger partial charge in [0.05, 0.1) is 16.3 Å². The van der Waals surface area contributed by atoms with E-state index in [2.05, 4.69) is 16.3 Å². The number of halogens is 1. The molecular formula is C13H14ClN3. The maximum atomic E-state index is 9.22. The van der Waals surface area contributed by atoms with Gasteiger partial charge in [0, 0.05) is 25.7 Å². The number of hydrogen-bond donors (Lipinski definition) is 1. The van der Waals surface area contributed by atoms with E-state index in [1.165, 1.54) is 6.42 Å². The second kappa shape index (κ2) is 4.21. The fraction of sp³-hybridized carbons (Fsp3) is 0.462. The van der Waals surface area contributed by atoms with Gasteiger partial charge in [-0.15, -0.1) is 0 Å². The van der Waals surface area contributed by atoms with Crippen molar-refractivity contribution in [2.75, 3.05) is 24.5 Å². The quantitative estimate of drug-likeness (QED) is 0.825. The van der Waals surface area contributed by atoms with Crippen LogP contribution in [0.5, 0.6) is 0 Å². The molecule has 0 aromatic heterocycles. The van der Waals surface area contributed by atoms with Gasteiger partial charge < -0.3 is 10.2 Å². The summed E-state index contributed by atoms with van der Waals surface area (Å²) in [6.45, 7) is 3.15. The van der Waals surface area contributed by atoms with Crippen LogP contribution < -0.4 is 10.2 Å². The predicted octanol–water partition coefficient (Wildman–Crippen LogP) is 2.01. The van der Waals surface area contributed by atoms with Crippen LogP contribution in [0.3, 0.4) is 0 Å². The van der Waals surface area contributed by atoms with Gasteiger partial charge >= 0.3 is 0 Å². The van der Waals surface area contributed by atoms with E-state index in [-0.39, 0.29) is 0 Å². The van der Waals surface area contributed by atoms with E-state index >= 15 is 0 Å². The Bertz CT molecular complexity index is 480. The minimum absolute atomic E-state index is 0.528. The molecule has 17 heavy (non-hydrogen) atoms. The van der Waals surface area contributed by atoms with Gasteiger partial charge in [-0.3, -0.25) is 0 Å². The zero-order valence-corrected chi connectivity index (χ0v) is 10.2. The Morgan fingerprint density at radius 3 is 3.12 bits per heavy atom. The highest BCUT2D eigenvalue weighted by Crippen LogP contribution is 2.35. The highest BCUT2D eigenvalue weighted by molar-refractivity contribution is 6.32. The minimum atomic E-state index is 0.528. The molecular weight excluding hydrogens is 234 g/mol. The lowest BCUT2D eigenvalue weighted by atomic mass is 10.0. The Labute approximate surface area is 106 Å². The summed E-state index contributed by atoms with van der Waals surface area (Å²) in [4.78, 5) is 2.34. The number of benzene rings is 1. The highest BCUT2D eigenvalue weighted by Gasteiger charge is 2.38. The van der Waals surface area contributed by atoms with Crippen LogP contribution in [0.15, 0.2) is 18.2 Å². The molecule has 1 aromatic carbocycles. The standard InChI is InChI=1S/C13H14ClN3/c14-11-2-1-3-12(10(11)6-15)17-5-4-9-7-16-8-13(9)17/h1-3,9,13,16H,4-5,7-8H2/t9-,13+/m0/s1. The zero-order chi connectivity index (χ0) is 11.8. The van der Waals surface area contributed by atoms with Gasteiger partial charge in [-0.1, -0.05) is 17.7 Å². The number of fused-ring (bicyclic) bond motifs is 1. The molecule has 2 saturated heterocycles. The van der Waals surface area contributed by atoms with Crippen LogP contribution >= 0.6 is 11.6 Å². The third kappa shape index (κ3) is 1.69. The van der Waals surface area contributed by atoms with Gasteiger partial charge in [-0.05, 0) is 24.5 Å². The molecule has 2 aliphatic heterocycles. The topological polar surface area (TPSA) is 39.1 Å². The van der Waals surface area contributed by atoms with Crippen molar-refractivity contribution in [1.29, 1.82) is 5.26 Å². The number of nitriles is 1. The molecule has 1 N–H and O–H groups in total. The van der Waals surface area contributed by atoms with Gasteiger partial charge in [0.15, 0.2) is 0 Å². The van der Waals surface area contributed by atoms with Crippen LogP contribution in [0.1, 0.15) is 12.0 Å². The van der Waals surface area contributed by atoms with Gasteiger partial charge in [0.2, 0.25) is 0 Å². The van der Waals surface area contributed by atoms with Gasteiger partial charge in [-0.2, -0.15) is 5.26 Å². The summed E-state index contributed by atoms with van der Waals surface area (Å²) >= 11 is 6.09. The number of nitrogens with zero attached hydrogens (tertiary/aromatic N) is 2. The molecule has 3 rings (SSSR count). The highest BCUT2D eigenvalue weighted by atomic mass is 35.5. The first kappa shape index (κ1) is 10.9. The van der Waals surface area contributed by atoms with Crippen molar-refractivity contribution in [2.24, 2.45) is 5.92 Å². The fourth-order valence-electron chi connectivity index (χ4n) is 3.01. The molecule has 0 bridgehead atoms. The summed E-state index contributed by atoms with van der Waals surface area (Å²) in [6, 6.07) is 8.47. The van der Waals surface area contributed by atoms with Crippen molar-refractivity contribution in [2.45, 2.75) is 12.5 Å². The van der Waals surface area contributed by atoms with E-state index in [4.69, 9.17) is 11.6 Å². The minimum Gasteiger partial charge on any atom is -0.366 e. The lowest BCUT2D eigenvalue weighted by molar-refractivity contribution is 0.578. The lowest BCUT2D eigenvalue weighted by Gasteiger charge is -2.26. The Morgan fingerprint density at radius 1 is 1.41 bits per heavy atom. The summed E-state index contributed by atoms with van der Waals surface area (Å²) in [6.07, 6.45) is 1.20. The second-order valence-electron chi connectivity index (χ2n) is 4.71. The number of hydrogen-bond acceptors (Lipinski definition) is 3. The molecule has 0 amide bonds. The van der Waals surface area contributed by atoms with Crippen LogP contribution in [0.2, 0.25) is 5.02 Å². The monoisotopic (exact) mass is 247 g/mol. The maximum Gasteiger partial charge on any atom is 0.103 e. The zero-order valence-electron chi connectivity index (χ0n) is 9.49. The summed E-state index contributed by atoms with van der Waals surface area (Å²) < 4.78 is 0. The van der Waals surface area contributed by atoms with E-state index in [9.17, 15) is 5.26 Å². The largest absolute Gasteiger partial charge is 0.366 e. The summed E-state index contributed by atoms with van der Waals surface area (Å²) in [7, 11) is 0. The summed E-state index contributed by atoms with van der Waals surface area (Å²) in [5, 5.41) is 13.2.